The van der Waals surface area contributed by atoms with Crippen molar-refractivity contribution in [3.8, 4) is 22.5 Å². The maximum atomic E-state index is 13.8. The van der Waals surface area contributed by atoms with E-state index in [-0.39, 0.29) is 16.5 Å². The second-order valence-corrected chi connectivity index (χ2v) is 7.42. The van der Waals surface area contributed by atoms with Gasteiger partial charge in [0.2, 0.25) is 0 Å². The number of aryl methyl sites for hydroxylation is 1. The minimum atomic E-state index is -0.439. The normalized spacial score (nSPS) is 11.0. The molecule has 9 heteroatoms. The monoisotopic (exact) mass is 460 g/mol. The van der Waals surface area contributed by atoms with Crippen molar-refractivity contribution in [1.29, 1.82) is 5.41 Å². The van der Waals surface area contributed by atoms with E-state index in [0.717, 1.165) is 11.8 Å². The molecule has 1 aromatic carbocycles. The van der Waals surface area contributed by atoms with E-state index in [1.807, 2.05) is 0 Å². The van der Waals surface area contributed by atoms with Crippen LogP contribution in [-0.4, -0.2) is 32.1 Å². The van der Waals surface area contributed by atoms with E-state index < -0.39 is 5.91 Å². The van der Waals surface area contributed by atoms with Gasteiger partial charge in [-0.15, -0.1) is 0 Å². The van der Waals surface area contributed by atoms with Crippen LogP contribution in [0.5, 0.6) is 0 Å². The number of carbonyl (C=O) groups is 1. The molecule has 0 atom stereocenters. The average Bonchev–Trinajstić information content (AvgIpc) is 3.24. The van der Waals surface area contributed by atoms with Gasteiger partial charge in [-0.05, 0) is 67.1 Å². The fraction of sp³-hybridized carbons (Fsp3) is 0.0417. The molecule has 0 fully saturated rings. The maximum Gasteiger partial charge on any atom is 0.259 e. The highest BCUT2D eigenvalue weighted by atomic mass is 35.5. The molecule has 0 aliphatic heterocycles. The number of anilines is 1. The number of nitrogens with one attached hydrogen (secondary N) is 3. The zero-order chi connectivity index (χ0) is 23.4. The summed E-state index contributed by atoms with van der Waals surface area (Å²) in [6.07, 6.45) is 7.40. The lowest BCUT2D eigenvalue weighted by molar-refractivity contribution is 0.102. The molecule has 33 heavy (non-hydrogen) atoms. The van der Waals surface area contributed by atoms with Gasteiger partial charge >= 0.3 is 0 Å². The van der Waals surface area contributed by atoms with Crippen LogP contribution in [0.2, 0.25) is 5.15 Å². The zero-order valence-electron chi connectivity index (χ0n) is 17.4. The van der Waals surface area contributed by atoms with Crippen molar-refractivity contribution in [3.05, 3.63) is 88.9 Å². The molecule has 0 aliphatic carbocycles. The molecule has 0 spiro atoms. The van der Waals surface area contributed by atoms with Gasteiger partial charge in [-0.25, -0.2) is 19.3 Å². The highest BCUT2D eigenvalue weighted by Gasteiger charge is 2.16. The lowest BCUT2D eigenvalue weighted by Gasteiger charge is -2.08. The summed E-state index contributed by atoms with van der Waals surface area (Å²) in [5, 5.41) is 10.0. The van der Waals surface area contributed by atoms with Gasteiger partial charge in [0.15, 0.2) is 0 Å². The molecule has 3 aromatic heterocycles. The Labute approximate surface area is 193 Å². The Kier molecular flexibility index (Phi) is 6.37. The third kappa shape index (κ3) is 4.86. The molecule has 0 saturated heterocycles. The summed E-state index contributed by atoms with van der Waals surface area (Å²) < 4.78 is 13.8. The molecule has 164 valence electrons. The number of hydrogen-bond donors (Lipinski definition) is 3. The molecular formula is C24H18ClFN6O. The summed E-state index contributed by atoms with van der Waals surface area (Å²) in [6, 6.07) is 11.4. The van der Waals surface area contributed by atoms with E-state index in [4.69, 9.17) is 17.0 Å². The minimum Gasteiger partial charge on any atom is -0.338 e. The SMILES string of the molecule is Cc1cc(-c2nc(/C=C\C=N)[nH]c2-c2ccnc(NC(=O)c3cccnc3Cl)c2)ccc1F. The molecule has 0 bridgehead atoms. The molecule has 0 aliphatic rings. The maximum absolute atomic E-state index is 13.8. The number of benzene rings is 1. The van der Waals surface area contributed by atoms with Crippen LogP contribution in [0.3, 0.4) is 0 Å². The van der Waals surface area contributed by atoms with Crippen LogP contribution in [0.1, 0.15) is 21.7 Å². The number of nitrogens with zero attached hydrogens (tertiary/aromatic N) is 3. The van der Waals surface area contributed by atoms with E-state index in [9.17, 15) is 9.18 Å². The first-order valence-corrected chi connectivity index (χ1v) is 10.3. The zero-order valence-corrected chi connectivity index (χ0v) is 18.2. The Bertz CT molecular complexity index is 1380. The lowest BCUT2D eigenvalue weighted by Crippen LogP contribution is -2.13. The first-order valence-electron chi connectivity index (χ1n) is 9.88. The van der Waals surface area contributed by atoms with E-state index >= 15 is 0 Å². The Morgan fingerprint density at radius 1 is 1.15 bits per heavy atom. The largest absolute Gasteiger partial charge is 0.338 e. The number of allylic oxidation sites excluding steroid dienone is 1. The van der Waals surface area contributed by atoms with Crippen molar-refractivity contribution in [2.75, 3.05) is 5.32 Å². The standard InChI is InChI=1S/C24H18ClFN6O/c1-14-12-15(6-7-18(14)26)21-22(31-19(30-21)5-2-9-27)16-8-11-28-20(13-16)32-24(33)17-4-3-10-29-23(17)25/h2-13,27H,1H3,(H,30,31)(H,28,32,33)/b5-2-,27-9?. The van der Waals surface area contributed by atoms with Crippen molar-refractivity contribution in [2.45, 2.75) is 6.92 Å². The van der Waals surface area contributed by atoms with Gasteiger partial charge in [-0.3, -0.25) is 4.79 Å². The molecule has 1 amide bonds. The number of halogens is 2. The fourth-order valence-corrected chi connectivity index (χ4v) is 3.42. The number of pyridine rings is 2. The van der Waals surface area contributed by atoms with Gasteiger partial charge in [0.25, 0.3) is 5.91 Å². The van der Waals surface area contributed by atoms with Crippen LogP contribution in [0.4, 0.5) is 10.2 Å². The molecule has 3 N–H and O–H groups in total. The predicted octanol–water partition coefficient (Wildman–Crippen LogP) is 5.55. The van der Waals surface area contributed by atoms with Gasteiger partial charge in [-0.1, -0.05) is 11.6 Å². The summed E-state index contributed by atoms with van der Waals surface area (Å²) in [5.41, 5.74) is 3.41. The van der Waals surface area contributed by atoms with E-state index in [1.165, 1.54) is 18.3 Å². The number of rotatable bonds is 6. The van der Waals surface area contributed by atoms with Crippen molar-refractivity contribution >= 4 is 35.6 Å². The third-order valence-corrected chi connectivity index (χ3v) is 5.10. The average molecular weight is 461 g/mol. The molecule has 4 rings (SSSR count). The summed E-state index contributed by atoms with van der Waals surface area (Å²) >= 11 is 6.01. The number of amides is 1. The molecular weight excluding hydrogens is 443 g/mol. The third-order valence-electron chi connectivity index (χ3n) is 4.80. The second kappa shape index (κ2) is 9.54. The topological polar surface area (TPSA) is 107 Å². The second-order valence-electron chi connectivity index (χ2n) is 7.06. The first-order chi connectivity index (χ1) is 16.0. The Hall–Kier alpha value is -4.17. The van der Waals surface area contributed by atoms with E-state index in [1.54, 1.807) is 55.6 Å². The lowest BCUT2D eigenvalue weighted by atomic mass is 10.0. The highest BCUT2D eigenvalue weighted by Crippen LogP contribution is 2.32. The number of imidazole rings is 1. The van der Waals surface area contributed by atoms with Gasteiger partial charge in [0.1, 0.15) is 22.6 Å². The van der Waals surface area contributed by atoms with E-state index in [0.29, 0.717) is 34.2 Å². The van der Waals surface area contributed by atoms with Gasteiger partial charge in [-0.2, -0.15) is 0 Å². The Morgan fingerprint density at radius 3 is 2.76 bits per heavy atom. The van der Waals surface area contributed by atoms with Crippen LogP contribution in [0, 0.1) is 18.2 Å². The highest BCUT2D eigenvalue weighted by molar-refractivity contribution is 6.33. The fourth-order valence-electron chi connectivity index (χ4n) is 3.21. The summed E-state index contributed by atoms with van der Waals surface area (Å²) in [7, 11) is 0. The van der Waals surface area contributed by atoms with Crippen molar-refractivity contribution in [3.63, 3.8) is 0 Å². The molecule has 0 unspecified atom stereocenters. The van der Waals surface area contributed by atoms with Crippen LogP contribution in [-0.2, 0) is 0 Å². The molecule has 3 heterocycles. The van der Waals surface area contributed by atoms with Gasteiger partial charge < -0.3 is 15.7 Å². The summed E-state index contributed by atoms with van der Waals surface area (Å²) in [5.74, 6) is 0.0916. The summed E-state index contributed by atoms with van der Waals surface area (Å²) in [4.78, 5) is 28.6. The Morgan fingerprint density at radius 2 is 2.00 bits per heavy atom. The van der Waals surface area contributed by atoms with Crippen molar-refractivity contribution in [2.24, 2.45) is 0 Å². The van der Waals surface area contributed by atoms with Gasteiger partial charge in [0.05, 0.1) is 17.0 Å². The number of aromatic amines is 1. The van der Waals surface area contributed by atoms with Gasteiger partial charge in [0, 0.05) is 29.7 Å². The van der Waals surface area contributed by atoms with Crippen LogP contribution >= 0.6 is 11.6 Å². The summed E-state index contributed by atoms with van der Waals surface area (Å²) in [6.45, 7) is 1.69. The van der Waals surface area contributed by atoms with E-state index in [2.05, 4.69) is 25.3 Å². The van der Waals surface area contributed by atoms with Crippen LogP contribution in [0.25, 0.3) is 28.6 Å². The quantitative estimate of drug-likeness (QED) is 0.259. The first kappa shape index (κ1) is 22.0. The smallest absolute Gasteiger partial charge is 0.259 e. The van der Waals surface area contributed by atoms with Crippen LogP contribution < -0.4 is 5.32 Å². The Balaban J connectivity index is 1.74. The predicted molar refractivity (Wildman–Crippen MR) is 127 cm³/mol. The molecule has 4 aromatic rings. The molecule has 0 saturated carbocycles. The number of carbonyl (C=O) groups excluding carboxylic acids is 1. The minimum absolute atomic E-state index is 0.0938. The molecule has 7 nitrogen and oxygen atoms in total. The molecule has 0 radical (unpaired) electrons. The van der Waals surface area contributed by atoms with Crippen molar-refractivity contribution in [1.82, 2.24) is 19.9 Å². The van der Waals surface area contributed by atoms with Crippen molar-refractivity contribution < 1.29 is 9.18 Å². The number of aromatic nitrogens is 4. The number of hydrogen-bond acceptors (Lipinski definition) is 5. The number of H-pyrrole nitrogens is 1. The van der Waals surface area contributed by atoms with Crippen LogP contribution in [0.15, 0.2) is 60.9 Å².